The van der Waals surface area contributed by atoms with Crippen molar-refractivity contribution in [3.63, 3.8) is 0 Å². The second kappa shape index (κ2) is 13.1. The maximum absolute atomic E-state index is 9.55. The molecule has 2 fully saturated rings. The molecule has 186 valence electrons. The van der Waals surface area contributed by atoms with Crippen molar-refractivity contribution < 1.29 is 29.1 Å². The molecule has 0 radical (unpaired) electrons. The van der Waals surface area contributed by atoms with Crippen molar-refractivity contribution in [1.29, 1.82) is 0 Å². The summed E-state index contributed by atoms with van der Waals surface area (Å²) in [6.07, 6.45) is 12.1. The first-order chi connectivity index (χ1) is 16.4. The molecule has 1 aromatic carbocycles. The quantitative estimate of drug-likeness (QED) is 0.521. The van der Waals surface area contributed by atoms with Crippen LogP contribution in [-0.2, 0) is 9.59 Å². The summed E-state index contributed by atoms with van der Waals surface area (Å²) in [4.78, 5) is 21.8. The maximum atomic E-state index is 9.55. The lowest BCUT2D eigenvalue weighted by Gasteiger charge is -2.35. The molecular weight excluding hydrogens is 436 g/mol. The third kappa shape index (κ3) is 8.48. The van der Waals surface area contributed by atoms with Crippen LogP contribution in [0.5, 0.6) is 5.88 Å². The number of benzene rings is 1. The lowest BCUT2D eigenvalue weighted by molar-refractivity contribution is -0.134. The third-order valence-electron chi connectivity index (χ3n) is 6.67. The first-order valence-corrected chi connectivity index (χ1v) is 12.3. The fraction of sp³-hybridized carbons (Fsp3) is 0.577. The SMILES string of the molecule is Cc1ccc2onc(OCCC3CCN(CC4CCCCC4)CC3)c2c1.O=C(O)/C=C/C(=O)O. The number of rotatable bonds is 8. The summed E-state index contributed by atoms with van der Waals surface area (Å²) in [5.41, 5.74) is 2.01. The minimum absolute atomic E-state index is 0.558. The summed E-state index contributed by atoms with van der Waals surface area (Å²) in [5, 5.41) is 20.7. The molecule has 0 spiro atoms. The molecule has 2 aromatic rings. The average molecular weight is 473 g/mol. The van der Waals surface area contributed by atoms with E-state index < -0.39 is 11.9 Å². The number of hydrogen-bond donors (Lipinski definition) is 2. The largest absolute Gasteiger partial charge is 0.478 e. The second-order valence-electron chi connectivity index (χ2n) is 9.38. The Labute approximate surface area is 200 Å². The van der Waals surface area contributed by atoms with Gasteiger partial charge in [-0.05, 0) is 81.2 Å². The molecular formula is C26H36N2O6. The van der Waals surface area contributed by atoms with E-state index in [1.807, 2.05) is 12.1 Å². The molecule has 8 nitrogen and oxygen atoms in total. The topological polar surface area (TPSA) is 113 Å². The summed E-state index contributed by atoms with van der Waals surface area (Å²) in [6.45, 7) is 6.70. The number of aliphatic carboxylic acids is 2. The Balaban J connectivity index is 0.000000350. The highest BCUT2D eigenvalue weighted by Crippen LogP contribution is 2.29. The number of likely N-dealkylation sites (tertiary alicyclic amines) is 1. The van der Waals surface area contributed by atoms with Gasteiger partial charge < -0.3 is 24.4 Å². The molecule has 0 bridgehead atoms. The van der Waals surface area contributed by atoms with Crippen molar-refractivity contribution in [3.05, 3.63) is 35.9 Å². The van der Waals surface area contributed by atoms with Gasteiger partial charge in [-0.25, -0.2) is 9.59 Å². The van der Waals surface area contributed by atoms with Crippen molar-refractivity contribution in [3.8, 4) is 5.88 Å². The van der Waals surface area contributed by atoms with E-state index in [-0.39, 0.29) is 0 Å². The maximum Gasteiger partial charge on any atom is 0.328 e. The van der Waals surface area contributed by atoms with Crippen LogP contribution in [0.2, 0.25) is 0 Å². The molecule has 1 aliphatic carbocycles. The van der Waals surface area contributed by atoms with Crippen molar-refractivity contribution >= 4 is 22.9 Å². The van der Waals surface area contributed by atoms with Gasteiger partial charge in [0.15, 0.2) is 5.58 Å². The van der Waals surface area contributed by atoms with Crippen LogP contribution in [-0.4, -0.2) is 58.4 Å². The second-order valence-corrected chi connectivity index (χ2v) is 9.38. The molecule has 0 amide bonds. The first-order valence-electron chi connectivity index (χ1n) is 12.3. The highest BCUT2D eigenvalue weighted by Gasteiger charge is 2.23. The van der Waals surface area contributed by atoms with Gasteiger partial charge in [0, 0.05) is 18.7 Å². The van der Waals surface area contributed by atoms with Crippen LogP contribution in [0.1, 0.15) is 56.9 Å². The number of hydrogen-bond acceptors (Lipinski definition) is 6. The zero-order valence-electron chi connectivity index (χ0n) is 19.9. The van der Waals surface area contributed by atoms with Gasteiger partial charge >= 0.3 is 11.9 Å². The van der Waals surface area contributed by atoms with Crippen LogP contribution in [0.3, 0.4) is 0 Å². The Morgan fingerprint density at radius 2 is 1.74 bits per heavy atom. The Morgan fingerprint density at radius 1 is 1.06 bits per heavy atom. The molecule has 0 unspecified atom stereocenters. The number of piperidine rings is 1. The van der Waals surface area contributed by atoms with Crippen molar-refractivity contribution in [2.75, 3.05) is 26.2 Å². The number of carbonyl (C=O) groups is 2. The number of fused-ring (bicyclic) bond motifs is 1. The molecule has 1 aliphatic heterocycles. The Hall–Kier alpha value is -2.87. The smallest absolute Gasteiger partial charge is 0.328 e. The van der Waals surface area contributed by atoms with Gasteiger partial charge in [0.1, 0.15) is 0 Å². The van der Waals surface area contributed by atoms with Gasteiger partial charge in [-0.3, -0.25) is 0 Å². The molecule has 1 saturated carbocycles. The summed E-state index contributed by atoms with van der Waals surface area (Å²) in [7, 11) is 0. The van der Waals surface area contributed by atoms with Crippen LogP contribution >= 0.6 is 0 Å². The number of nitrogens with zero attached hydrogens (tertiary/aromatic N) is 2. The zero-order chi connectivity index (χ0) is 24.3. The monoisotopic (exact) mass is 472 g/mol. The summed E-state index contributed by atoms with van der Waals surface area (Å²) < 4.78 is 11.3. The van der Waals surface area contributed by atoms with E-state index in [2.05, 4.69) is 23.0 Å². The molecule has 2 N–H and O–H groups in total. The van der Waals surface area contributed by atoms with Gasteiger partial charge in [-0.2, -0.15) is 0 Å². The molecule has 1 saturated heterocycles. The van der Waals surface area contributed by atoms with Gasteiger partial charge in [0.25, 0.3) is 5.88 Å². The normalized spacial score (nSPS) is 18.0. The highest BCUT2D eigenvalue weighted by atomic mass is 16.5. The van der Waals surface area contributed by atoms with E-state index in [0.717, 1.165) is 35.8 Å². The van der Waals surface area contributed by atoms with E-state index in [9.17, 15) is 9.59 Å². The highest BCUT2D eigenvalue weighted by molar-refractivity contribution is 5.89. The number of aryl methyl sites for hydroxylation is 1. The lowest BCUT2D eigenvalue weighted by Crippen LogP contribution is -2.37. The van der Waals surface area contributed by atoms with Crippen LogP contribution in [0, 0.1) is 18.8 Å². The molecule has 34 heavy (non-hydrogen) atoms. The van der Waals surface area contributed by atoms with Crippen molar-refractivity contribution in [1.82, 2.24) is 10.1 Å². The molecule has 8 heteroatoms. The van der Waals surface area contributed by atoms with Crippen molar-refractivity contribution in [2.24, 2.45) is 11.8 Å². The lowest BCUT2D eigenvalue weighted by atomic mass is 9.87. The van der Waals surface area contributed by atoms with E-state index in [0.29, 0.717) is 18.0 Å². The van der Waals surface area contributed by atoms with Gasteiger partial charge in [0.05, 0.1) is 12.0 Å². The Morgan fingerprint density at radius 3 is 2.38 bits per heavy atom. The van der Waals surface area contributed by atoms with Gasteiger partial charge in [-0.1, -0.05) is 30.9 Å². The predicted octanol–water partition coefficient (Wildman–Crippen LogP) is 4.91. The molecule has 2 heterocycles. The van der Waals surface area contributed by atoms with E-state index in [1.54, 1.807) is 0 Å². The summed E-state index contributed by atoms with van der Waals surface area (Å²) >= 11 is 0. The van der Waals surface area contributed by atoms with Crippen LogP contribution in [0.15, 0.2) is 34.9 Å². The fourth-order valence-corrected chi connectivity index (χ4v) is 4.79. The zero-order valence-corrected chi connectivity index (χ0v) is 19.9. The third-order valence-corrected chi connectivity index (χ3v) is 6.67. The van der Waals surface area contributed by atoms with Crippen molar-refractivity contribution in [2.45, 2.75) is 58.3 Å². The van der Waals surface area contributed by atoms with Gasteiger partial charge in [-0.15, -0.1) is 0 Å². The fourth-order valence-electron chi connectivity index (χ4n) is 4.79. The number of aromatic nitrogens is 1. The summed E-state index contributed by atoms with van der Waals surface area (Å²) in [6, 6.07) is 6.09. The van der Waals surface area contributed by atoms with E-state index in [4.69, 9.17) is 19.5 Å². The Kier molecular flexibility index (Phi) is 9.94. The molecule has 1 aromatic heterocycles. The first kappa shape index (κ1) is 25.7. The van der Waals surface area contributed by atoms with Crippen LogP contribution < -0.4 is 4.74 Å². The predicted molar refractivity (Wildman–Crippen MR) is 129 cm³/mol. The molecule has 0 atom stereocenters. The van der Waals surface area contributed by atoms with E-state index in [1.165, 1.54) is 70.1 Å². The van der Waals surface area contributed by atoms with Crippen LogP contribution in [0.4, 0.5) is 0 Å². The Bertz CT molecular complexity index is 939. The van der Waals surface area contributed by atoms with Gasteiger partial charge in [0.2, 0.25) is 0 Å². The standard InChI is InChI=1S/C22H32N2O2.C4H4O4/c1-17-7-8-21-20(15-17)22(23-26-21)25-14-11-18-9-12-24(13-10-18)16-19-5-3-2-4-6-19;5-3(6)1-2-4(7)8/h7-8,15,18-19H,2-6,9-14,16H2,1H3;1-2H,(H,5,6)(H,7,8)/b;2-1+. The van der Waals surface area contributed by atoms with E-state index >= 15 is 0 Å². The average Bonchev–Trinajstić information content (AvgIpc) is 3.22. The summed E-state index contributed by atoms with van der Waals surface area (Å²) in [5.74, 6) is -0.108. The molecule has 4 rings (SSSR count). The minimum atomic E-state index is -1.26. The number of ether oxygens (including phenoxy) is 1. The molecule has 2 aliphatic rings. The number of carboxylic acids is 2. The number of carboxylic acid groups (broad SMARTS) is 2. The minimum Gasteiger partial charge on any atom is -0.478 e. The van der Waals surface area contributed by atoms with Crippen LogP contribution in [0.25, 0.3) is 11.0 Å².